The Labute approximate surface area is 179 Å². The van der Waals surface area contributed by atoms with Gasteiger partial charge in [0.15, 0.2) is 5.65 Å². The summed E-state index contributed by atoms with van der Waals surface area (Å²) in [6, 6.07) is 17.1. The molecule has 0 unspecified atom stereocenters. The molecule has 0 bridgehead atoms. The molecule has 31 heavy (non-hydrogen) atoms. The number of hydrogen-bond acceptors (Lipinski definition) is 4. The van der Waals surface area contributed by atoms with Crippen LogP contribution < -0.4 is 10.6 Å². The lowest BCUT2D eigenvalue weighted by Crippen LogP contribution is -2.13. The van der Waals surface area contributed by atoms with E-state index in [1.54, 1.807) is 18.3 Å². The Bertz CT molecular complexity index is 1320. The molecular weight excluding hydrogens is 390 g/mol. The van der Waals surface area contributed by atoms with E-state index in [0.717, 1.165) is 16.8 Å². The van der Waals surface area contributed by atoms with Crippen molar-refractivity contribution in [2.75, 3.05) is 10.6 Å². The topological polar surface area (TPSA) is 88.9 Å². The number of carbonyl (C=O) groups excluding carboxylic acids is 2. The molecular formula is C24H21N5O2. The molecule has 154 valence electrons. The molecule has 2 N–H and O–H groups in total. The van der Waals surface area contributed by atoms with Crippen molar-refractivity contribution in [1.29, 1.82) is 0 Å². The van der Waals surface area contributed by atoms with Crippen molar-refractivity contribution in [2.24, 2.45) is 0 Å². The Morgan fingerprint density at radius 1 is 1.13 bits per heavy atom. The lowest BCUT2D eigenvalue weighted by Gasteiger charge is -2.11. The summed E-state index contributed by atoms with van der Waals surface area (Å²) in [4.78, 5) is 29.7. The molecule has 2 amide bonds. The summed E-state index contributed by atoms with van der Waals surface area (Å²) >= 11 is 0. The molecule has 0 radical (unpaired) electrons. The molecule has 0 saturated heterocycles. The predicted octanol–water partition coefficient (Wildman–Crippen LogP) is 4.43. The van der Waals surface area contributed by atoms with Gasteiger partial charge in [-0.05, 0) is 43.7 Å². The molecule has 7 nitrogen and oxygen atoms in total. The Kier molecular flexibility index (Phi) is 4.51. The molecule has 0 aliphatic carbocycles. The second kappa shape index (κ2) is 7.36. The number of benzene rings is 2. The van der Waals surface area contributed by atoms with Gasteiger partial charge in [0.2, 0.25) is 5.91 Å². The van der Waals surface area contributed by atoms with E-state index in [-0.39, 0.29) is 17.9 Å². The Balaban J connectivity index is 1.57. The number of rotatable bonds is 4. The molecule has 0 fully saturated rings. The SMILES string of the molecule is CC(C)n1ncc2c(C(=O)Nc3ccc4c(c3)CC(=O)N4)cc(-c3ccccc3)nc21. The first-order valence-electron chi connectivity index (χ1n) is 10.2. The van der Waals surface area contributed by atoms with Crippen LogP contribution in [-0.4, -0.2) is 26.6 Å². The third-order valence-electron chi connectivity index (χ3n) is 5.36. The lowest BCUT2D eigenvalue weighted by atomic mass is 10.1. The van der Waals surface area contributed by atoms with Crippen molar-refractivity contribution in [3.8, 4) is 11.3 Å². The molecule has 0 saturated carbocycles. The fourth-order valence-corrected chi connectivity index (χ4v) is 3.85. The zero-order chi connectivity index (χ0) is 21.5. The average molecular weight is 411 g/mol. The summed E-state index contributed by atoms with van der Waals surface area (Å²) in [6.07, 6.45) is 2.01. The summed E-state index contributed by atoms with van der Waals surface area (Å²) < 4.78 is 1.82. The Morgan fingerprint density at radius 3 is 2.71 bits per heavy atom. The summed E-state index contributed by atoms with van der Waals surface area (Å²) in [7, 11) is 0. The lowest BCUT2D eigenvalue weighted by molar-refractivity contribution is -0.115. The van der Waals surface area contributed by atoms with E-state index >= 15 is 0 Å². The Hall–Kier alpha value is -4.00. The average Bonchev–Trinajstić information content (AvgIpc) is 3.35. The van der Waals surface area contributed by atoms with Crippen LogP contribution in [0.4, 0.5) is 11.4 Å². The van der Waals surface area contributed by atoms with Gasteiger partial charge in [-0.3, -0.25) is 9.59 Å². The molecule has 0 atom stereocenters. The molecule has 1 aliphatic rings. The minimum atomic E-state index is -0.245. The van der Waals surface area contributed by atoms with Crippen LogP contribution in [0.1, 0.15) is 35.8 Å². The summed E-state index contributed by atoms with van der Waals surface area (Å²) in [5.41, 5.74) is 5.12. The smallest absolute Gasteiger partial charge is 0.256 e. The van der Waals surface area contributed by atoms with Crippen molar-refractivity contribution in [3.63, 3.8) is 0 Å². The van der Waals surface area contributed by atoms with Crippen LogP contribution in [0.2, 0.25) is 0 Å². The highest BCUT2D eigenvalue weighted by Gasteiger charge is 2.21. The largest absolute Gasteiger partial charge is 0.326 e. The van der Waals surface area contributed by atoms with Crippen molar-refractivity contribution >= 4 is 34.2 Å². The first-order valence-corrected chi connectivity index (χ1v) is 10.2. The second-order valence-corrected chi connectivity index (χ2v) is 7.89. The summed E-state index contributed by atoms with van der Waals surface area (Å²) in [5.74, 6) is -0.284. The fourth-order valence-electron chi connectivity index (χ4n) is 3.85. The number of pyridine rings is 1. The third kappa shape index (κ3) is 3.44. The molecule has 2 aromatic carbocycles. The molecule has 3 heterocycles. The van der Waals surface area contributed by atoms with Gasteiger partial charge in [-0.25, -0.2) is 9.67 Å². The van der Waals surface area contributed by atoms with Crippen molar-refractivity contribution in [3.05, 3.63) is 71.9 Å². The second-order valence-electron chi connectivity index (χ2n) is 7.89. The molecule has 1 aliphatic heterocycles. The minimum Gasteiger partial charge on any atom is -0.326 e. The quantitative estimate of drug-likeness (QED) is 0.520. The number of carbonyl (C=O) groups is 2. The van der Waals surface area contributed by atoms with Gasteiger partial charge >= 0.3 is 0 Å². The van der Waals surface area contributed by atoms with Gasteiger partial charge in [-0.1, -0.05) is 30.3 Å². The maximum absolute atomic E-state index is 13.3. The molecule has 7 heteroatoms. The summed E-state index contributed by atoms with van der Waals surface area (Å²) in [6.45, 7) is 4.06. The summed E-state index contributed by atoms with van der Waals surface area (Å²) in [5, 5.41) is 10.9. The van der Waals surface area contributed by atoms with Gasteiger partial charge in [-0.2, -0.15) is 5.10 Å². The van der Waals surface area contributed by atoms with Gasteiger partial charge in [0.25, 0.3) is 5.91 Å². The van der Waals surface area contributed by atoms with Crippen LogP contribution in [0.25, 0.3) is 22.3 Å². The van der Waals surface area contributed by atoms with E-state index < -0.39 is 0 Å². The van der Waals surface area contributed by atoms with Gasteiger partial charge in [0, 0.05) is 23.0 Å². The van der Waals surface area contributed by atoms with Crippen LogP contribution >= 0.6 is 0 Å². The van der Waals surface area contributed by atoms with Crippen molar-refractivity contribution in [2.45, 2.75) is 26.3 Å². The third-order valence-corrected chi connectivity index (χ3v) is 5.36. The van der Waals surface area contributed by atoms with E-state index in [9.17, 15) is 9.59 Å². The monoisotopic (exact) mass is 411 g/mol. The van der Waals surface area contributed by atoms with Crippen molar-refractivity contribution in [1.82, 2.24) is 14.8 Å². The first kappa shape index (κ1) is 19.0. The normalized spacial score (nSPS) is 12.8. The van der Waals surface area contributed by atoms with Crippen molar-refractivity contribution < 1.29 is 9.59 Å². The number of hydrogen-bond donors (Lipinski definition) is 2. The highest BCUT2D eigenvalue weighted by Crippen LogP contribution is 2.29. The standard InChI is InChI=1S/C24H21N5O2/c1-14(2)29-23-19(13-25-29)18(12-21(28-23)15-6-4-3-5-7-15)24(31)26-17-8-9-20-16(10-17)11-22(30)27-20/h3-10,12-14H,11H2,1-2H3,(H,26,31)(H,27,30). The highest BCUT2D eigenvalue weighted by molar-refractivity contribution is 6.13. The van der Waals surface area contributed by atoms with E-state index in [1.807, 2.05) is 61.0 Å². The van der Waals surface area contributed by atoms with Crippen LogP contribution in [0.5, 0.6) is 0 Å². The predicted molar refractivity (Wildman–Crippen MR) is 120 cm³/mol. The van der Waals surface area contributed by atoms with Gasteiger partial charge in [0.1, 0.15) is 0 Å². The molecule has 4 aromatic rings. The van der Waals surface area contributed by atoms with Crippen LogP contribution in [0.3, 0.4) is 0 Å². The first-order chi connectivity index (χ1) is 15.0. The minimum absolute atomic E-state index is 0.0390. The van der Waals surface area contributed by atoms with E-state index in [0.29, 0.717) is 34.4 Å². The van der Waals surface area contributed by atoms with E-state index in [1.165, 1.54) is 0 Å². The number of aromatic nitrogens is 3. The highest BCUT2D eigenvalue weighted by atomic mass is 16.2. The van der Waals surface area contributed by atoms with E-state index in [2.05, 4.69) is 15.7 Å². The number of nitrogens with zero attached hydrogens (tertiary/aromatic N) is 3. The zero-order valence-electron chi connectivity index (χ0n) is 17.2. The van der Waals surface area contributed by atoms with Crippen LogP contribution in [0, 0.1) is 0 Å². The number of fused-ring (bicyclic) bond motifs is 2. The fraction of sp³-hybridized carbons (Fsp3) is 0.167. The van der Waals surface area contributed by atoms with Gasteiger partial charge < -0.3 is 10.6 Å². The van der Waals surface area contributed by atoms with E-state index in [4.69, 9.17) is 4.98 Å². The maximum atomic E-state index is 13.3. The molecule has 2 aromatic heterocycles. The molecule has 5 rings (SSSR count). The van der Waals surface area contributed by atoms with Gasteiger partial charge in [0.05, 0.1) is 29.3 Å². The maximum Gasteiger partial charge on any atom is 0.256 e. The number of amides is 2. The van der Waals surface area contributed by atoms with Crippen LogP contribution in [0.15, 0.2) is 60.8 Å². The Morgan fingerprint density at radius 2 is 1.94 bits per heavy atom. The zero-order valence-corrected chi connectivity index (χ0v) is 17.2. The number of nitrogens with one attached hydrogen (secondary N) is 2. The number of anilines is 2. The van der Waals surface area contributed by atoms with Crippen LogP contribution in [-0.2, 0) is 11.2 Å². The van der Waals surface area contributed by atoms with Gasteiger partial charge in [-0.15, -0.1) is 0 Å². The molecule has 0 spiro atoms.